The van der Waals surface area contributed by atoms with Gasteiger partial charge in [0.25, 0.3) is 5.56 Å². The maximum Gasteiger partial charge on any atom is 0.259 e. The highest BCUT2D eigenvalue weighted by molar-refractivity contribution is 7.18. The number of nitrogens with zero attached hydrogens (tertiary/aromatic N) is 3. The van der Waals surface area contributed by atoms with E-state index in [1.165, 1.54) is 0 Å². The van der Waals surface area contributed by atoms with Gasteiger partial charge in [-0.25, -0.2) is 9.67 Å². The molecule has 0 radical (unpaired) electrons. The van der Waals surface area contributed by atoms with E-state index in [1.54, 1.807) is 17.5 Å². The molecule has 0 aliphatic heterocycles. The Morgan fingerprint density at radius 2 is 2.00 bits per heavy atom. The van der Waals surface area contributed by atoms with E-state index >= 15 is 0 Å². The topological polar surface area (TPSA) is 75.6 Å². The summed E-state index contributed by atoms with van der Waals surface area (Å²) in [6.07, 6.45) is 2.47. The molecule has 2 N–H and O–H groups in total. The minimum atomic E-state index is -0.0426. The van der Waals surface area contributed by atoms with E-state index in [4.69, 9.17) is 0 Å². The summed E-state index contributed by atoms with van der Waals surface area (Å²) in [4.78, 5) is 21.8. The summed E-state index contributed by atoms with van der Waals surface area (Å²) < 4.78 is 1.93. The fraction of sp³-hybridized carbons (Fsp3) is 0.250. The van der Waals surface area contributed by atoms with Gasteiger partial charge in [-0.2, -0.15) is 5.10 Å². The van der Waals surface area contributed by atoms with Gasteiger partial charge in [0, 0.05) is 30.6 Å². The van der Waals surface area contributed by atoms with Gasteiger partial charge in [-0.05, 0) is 37.6 Å². The molecular formula is C20H21N5OS. The van der Waals surface area contributed by atoms with Crippen molar-refractivity contribution in [2.45, 2.75) is 26.8 Å². The summed E-state index contributed by atoms with van der Waals surface area (Å²) in [6.45, 7) is 5.41. The van der Waals surface area contributed by atoms with Crippen LogP contribution in [0.15, 0.2) is 47.4 Å². The molecule has 0 spiro atoms. The lowest BCUT2D eigenvalue weighted by atomic mass is 10.2. The van der Waals surface area contributed by atoms with Gasteiger partial charge in [0.1, 0.15) is 10.7 Å². The molecule has 0 saturated carbocycles. The summed E-state index contributed by atoms with van der Waals surface area (Å²) in [5.41, 5.74) is 3.11. The molecule has 0 atom stereocenters. The smallest absolute Gasteiger partial charge is 0.259 e. The van der Waals surface area contributed by atoms with Crippen LogP contribution in [0.4, 0.5) is 0 Å². The molecule has 0 fully saturated rings. The third kappa shape index (κ3) is 3.56. The Morgan fingerprint density at radius 1 is 1.19 bits per heavy atom. The van der Waals surface area contributed by atoms with Crippen LogP contribution in [-0.4, -0.2) is 26.3 Å². The first-order valence-electron chi connectivity index (χ1n) is 8.91. The van der Waals surface area contributed by atoms with Crippen LogP contribution < -0.4 is 10.9 Å². The van der Waals surface area contributed by atoms with Crippen molar-refractivity contribution in [3.63, 3.8) is 0 Å². The van der Waals surface area contributed by atoms with Gasteiger partial charge in [0.15, 0.2) is 0 Å². The molecule has 4 aromatic rings. The number of para-hydroxylation sites is 1. The van der Waals surface area contributed by atoms with Crippen molar-refractivity contribution >= 4 is 21.6 Å². The Bertz CT molecular complexity index is 1130. The average Bonchev–Trinajstić information content (AvgIpc) is 3.24. The fourth-order valence-electron chi connectivity index (χ4n) is 3.11. The second-order valence-electron chi connectivity index (χ2n) is 6.47. The molecule has 27 heavy (non-hydrogen) atoms. The normalized spacial score (nSPS) is 11.3. The van der Waals surface area contributed by atoms with Gasteiger partial charge in [-0.15, -0.1) is 11.3 Å². The van der Waals surface area contributed by atoms with Gasteiger partial charge in [0.05, 0.1) is 16.8 Å². The first kappa shape index (κ1) is 17.6. The van der Waals surface area contributed by atoms with Gasteiger partial charge < -0.3 is 10.3 Å². The maximum atomic E-state index is 12.3. The largest absolute Gasteiger partial charge is 0.311 e. The number of hydrogen-bond acceptors (Lipinski definition) is 5. The van der Waals surface area contributed by atoms with E-state index in [-0.39, 0.29) is 5.56 Å². The Hall–Kier alpha value is -2.77. The van der Waals surface area contributed by atoms with Gasteiger partial charge in [-0.1, -0.05) is 18.2 Å². The highest BCUT2D eigenvalue weighted by atomic mass is 32.1. The Balaban J connectivity index is 1.41. The van der Waals surface area contributed by atoms with Gasteiger partial charge in [-0.3, -0.25) is 4.79 Å². The summed E-state index contributed by atoms with van der Waals surface area (Å²) in [5.74, 6) is 0.720. The van der Waals surface area contributed by atoms with Gasteiger partial charge in [0.2, 0.25) is 0 Å². The van der Waals surface area contributed by atoms with Crippen LogP contribution in [0, 0.1) is 13.8 Å². The molecule has 3 aromatic heterocycles. The molecule has 0 amide bonds. The summed E-state index contributed by atoms with van der Waals surface area (Å²) in [5, 5.41) is 8.53. The molecule has 0 bridgehead atoms. The lowest BCUT2D eigenvalue weighted by molar-refractivity contribution is 0.641. The van der Waals surface area contributed by atoms with Crippen molar-refractivity contribution in [2.75, 3.05) is 6.54 Å². The predicted octanol–water partition coefficient (Wildman–Crippen LogP) is 3.12. The summed E-state index contributed by atoms with van der Waals surface area (Å²) in [6, 6.07) is 12.1. The molecule has 0 saturated heterocycles. The minimum absolute atomic E-state index is 0.0426. The van der Waals surface area contributed by atoms with Gasteiger partial charge >= 0.3 is 0 Å². The molecule has 7 heteroatoms. The number of H-pyrrole nitrogens is 1. The number of nitrogens with one attached hydrogen (secondary N) is 2. The Kier molecular flexibility index (Phi) is 4.87. The van der Waals surface area contributed by atoms with Crippen LogP contribution in [0.25, 0.3) is 15.9 Å². The number of thiophene rings is 1. The molecule has 1 aromatic carbocycles. The first-order chi connectivity index (χ1) is 13.1. The van der Waals surface area contributed by atoms with E-state index in [0.29, 0.717) is 13.0 Å². The molecule has 4 rings (SSSR count). The number of benzene rings is 1. The number of aromatic amines is 1. The molecule has 3 heterocycles. The zero-order valence-electron chi connectivity index (χ0n) is 15.3. The van der Waals surface area contributed by atoms with Crippen molar-refractivity contribution in [3.8, 4) is 5.69 Å². The zero-order chi connectivity index (χ0) is 18.8. The molecule has 0 aliphatic carbocycles. The van der Waals surface area contributed by atoms with Crippen LogP contribution in [0.3, 0.4) is 0 Å². The highest BCUT2D eigenvalue weighted by Gasteiger charge is 2.11. The third-order valence-corrected chi connectivity index (χ3v) is 5.76. The van der Waals surface area contributed by atoms with E-state index in [9.17, 15) is 4.79 Å². The van der Waals surface area contributed by atoms with Crippen LogP contribution in [0.1, 0.15) is 22.0 Å². The van der Waals surface area contributed by atoms with Crippen LogP contribution in [0.2, 0.25) is 0 Å². The Labute approximate surface area is 160 Å². The van der Waals surface area contributed by atoms with Crippen molar-refractivity contribution in [1.82, 2.24) is 25.1 Å². The van der Waals surface area contributed by atoms with Crippen LogP contribution >= 0.6 is 11.3 Å². The number of aromatic nitrogens is 4. The molecule has 0 aliphatic rings. The average molecular weight is 379 g/mol. The van der Waals surface area contributed by atoms with E-state index < -0.39 is 0 Å². The van der Waals surface area contributed by atoms with Crippen molar-refractivity contribution in [3.05, 3.63) is 74.9 Å². The second-order valence-corrected chi connectivity index (χ2v) is 7.68. The van der Waals surface area contributed by atoms with Crippen LogP contribution in [-0.2, 0) is 13.0 Å². The highest BCUT2D eigenvalue weighted by Crippen LogP contribution is 2.25. The second kappa shape index (κ2) is 7.46. The third-order valence-electron chi connectivity index (χ3n) is 4.65. The number of hydrogen-bond donors (Lipinski definition) is 2. The monoisotopic (exact) mass is 379 g/mol. The maximum absolute atomic E-state index is 12.3. The predicted molar refractivity (Wildman–Crippen MR) is 109 cm³/mol. The summed E-state index contributed by atoms with van der Waals surface area (Å²) >= 11 is 1.58. The zero-order valence-corrected chi connectivity index (χ0v) is 16.1. The Morgan fingerprint density at radius 3 is 2.81 bits per heavy atom. The first-order valence-corrected chi connectivity index (χ1v) is 9.73. The van der Waals surface area contributed by atoms with Crippen molar-refractivity contribution in [2.24, 2.45) is 0 Å². The number of aryl methyl sites for hydroxylation is 2. The quantitative estimate of drug-likeness (QED) is 0.505. The molecule has 0 unspecified atom stereocenters. The van der Waals surface area contributed by atoms with E-state index in [1.807, 2.05) is 54.9 Å². The SMILES string of the molecule is Cc1sc2nc(CCNCc3ccnn3-c3ccccc3)[nH]c(=O)c2c1C. The standard InChI is InChI=1S/C20H21N5OS/c1-13-14(2)27-20-18(13)19(26)23-17(24-20)9-10-21-12-16-8-11-22-25(16)15-6-4-3-5-7-15/h3-8,11,21H,9-10,12H2,1-2H3,(H,23,24,26). The van der Waals surface area contributed by atoms with E-state index in [2.05, 4.69) is 20.4 Å². The van der Waals surface area contributed by atoms with Crippen molar-refractivity contribution in [1.29, 1.82) is 0 Å². The molecule has 138 valence electrons. The fourth-order valence-corrected chi connectivity index (χ4v) is 4.16. The molecule has 6 nitrogen and oxygen atoms in total. The lowest BCUT2D eigenvalue weighted by Crippen LogP contribution is -2.21. The number of rotatable bonds is 6. The van der Waals surface area contributed by atoms with E-state index in [0.717, 1.165) is 44.4 Å². The minimum Gasteiger partial charge on any atom is -0.311 e. The summed E-state index contributed by atoms with van der Waals surface area (Å²) in [7, 11) is 0. The van der Waals surface area contributed by atoms with Crippen molar-refractivity contribution < 1.29 is 0 Å². The van der Waals surface area contributed by atoms with Crippen LogP contribution in [0.5, 0.6) is 0 Å². The number of fused-ring (bicyclic) bond motifs is 1. The lowest BCUT2D eigenvalue weighted by Gasteiger charge is -2.08. The molecular weight excluding hydrogens is 358 g/mol.